The minimum Gasteiger partial charge on any atom is -0.379 e. The van der Waals surface area contributed by atoms with E-state index in [1.165, 1.54) is 0 Å². The van der Waals surface area contributed by atoms with Crippen LogP contribution in [0.25, 0.3) is 0 Å². The monoisotopic (exact) mass is 288 g/mol. The highest BCUT2D eigenvalue weighted by molar-refractivity contribution is 5.31. The molecule has 21 heavy (non-hydrogen) atoms. The quantitative estimate of drug-likeness (QED) is 0.799. The summed E-state index contributed by atoms with van der Waals surface area (Å²) in [6.07, 6.45) is 2.77. The number of nitrogens with zero attached hydrogens (tertiary/aromatic N) is 1. The lowest BCUT2D eigenvalue weighted by Gasteiger charge is -2.29. The van der Waals surface area contributed by atoms with Crippen LogP contribution >= 0.6 is 0 Å². The number of nitrogens with one attached hydrogen (secondary N) is 1. The molecule has 0 spiro atoms. The molecule has 2 atom stereocenters. The first kappa shape index (κ1) is 16.0. The van der Waals surface area contributed by atoms with Gasteiger partial charge in [-0.1, -0.05) is 37.3 Å². The Morgan fingerprint density at radius 3 is 2.86 bits per heavy atom. The predicted octanol–water partition coefficient (Wildman–Crippen LogP) is 2.60. The lowest BCUT2D eigenvalue weighted by molar-refractivity contribution is 0.0335. The van der Waals surface area contributed by atoms with Crippen LogP contribution in [0.15, 0.2) is 30.3 Å². The fraction of sp³-hybridized carbons (Fsp3) is 0.588. The number of hydrogen-bond acceptors (Lipinski definition) is 4. The molecule has 114 valence electrons. The summed E-state index contributed by atoms with van der Waals surface area (Å²) in [6, 6.07) is 12.4. The molecule has 2 unspecified atom stereocenters. The smallest absolute Gasteiger partial charge is 0.134 e. The Kier molecular flexibility index (Phi) is 6.19. The highest BCUT2D eigenvalue weighted by Crippen LogP contribution is 2.25. The molecule has 1 aliphatic rings. The first-order valence-corrected chi connectivity index (χ1v) is 7.72. The standard InChI is InChI=1S/C17H24N2O2/c1-2-10-19-17(14-18,15-6-4-3-5-7-15)9-12-21-16-8-11-20-13-16/h3-7,16,19H,2,8-13H2,1H3. The van der Waals surface area contributed by atoms with E-state index in [-0.39, 0.29) is 6.10 Å². The summed E-state index contributed by atoms with van der Waals surface area (Å²) in [5, 5.41) is 13.2. The summed E-state index contributed by atoms with van der Waals surface area (Å²) in [5.41, 5.74) is 0.337. The molecule has 1 aliphatic heterocycles. The van der Waals surface area contributed by atoms with Crippen molar-refractivity contribution in [2.24, 2.45) is 0 Å². The van der Waals surface area contributed by atoms with Crippen LogP contribution in [0.5, 0.6) is 0 Å². The molecule has 1 aromatic carbocycles. The average Bonchev–Trinajstić information content (AvgIpc) is 3.05. The fourth-order valence-electron chi connectivity index (χ4n) is 2.58. The Labute approximate surface area is 127 Å². The fourth-order valence-corrected chi connectivity index (χ4v) is 2.58. The number of hydrogen-bond donors (Lipinski definition) is 1. The average molecular weight is 288 g/mol. The highest BCUT2D eigenvalue weighted by atomic mass is 16.5. The highest BCUT2D eigenvalue weighted by Gasteiger charge is 2.31. The summed E-state index contributed by atoms with van der Waals surface area (Å²) in [7, 11) is 0. The second-order valence-electron chi connectivity index (χ2n) is 5.42. The van der Waals surface area contributed by atoms with Crippen LogP contribution in [0.1, 0.15) is 31.7 Å². The molecular formula is C17H24N2O2. The molecule has 1 N–H and O–H groups in total. The summed E-state index contributed by atoms with van der Waals surface area (Å²) < 4.78 is 11.2. The number of nitriles is 1. The van der Waals surface area contributed by atoms with Crippen molar-refractivity contribution < 1.29 is 9.47 Å². The molecule has 0 aliphatic carbocycles. The van der Waals surface area contributed by atoms with Crippen molar-refractivity contribution >= 4 is 0 Å². The SMILES string of the molecule is CCCNC(C#N)(CCOC1CCOC1)c1ccccc1. The molecule has 0 amide bonds. The first-order chi connectivity index (χ1) is 10.3. The number of rotatable bonds is 8. The van der Waals surface area contributed by atoms with Gasteiger partial charge in [0.05, 0.1) is 25.4 Å². The molecule has 1 saturated heterocycles. The molecule has 1 aromatic rings. The normalized spacial score (nSPS) is 20.9. The van der Waals surface area contributed by atoms with Crippen LogP contribution in [0.3, 0.4) is 0 Å². The second-order valence-corrected chi connectivity index (χ2v) is 5.42. The van der Waals surface area contributed by atoms with E-state index in [4.69, 9.17) is 9.47 Å². The third-order valence-electron chi connectivity index (χ3n) is 3.85. The van der Waals surface area contributed by atoms with Gasteiger partial charge in [0.15, 0.2) is 0 Å². The van der Waals surface area contributed by atoms with Crippen molar-refractivity contribution in [3.63, 3.8) is 0 Å². The second kappa shape index (κ2) is 8.14. The van der Waals surface area contributed by atoms with Crippen molar-refractivity contribution in [1.29, 1.82) is 5.26 Å². The Hall–Kier alpha value is -1.41. The van der Waals surface area contributed by atoms with E-state index in [1.807, 2.05) is 30.3 Å². The minimum atomic E-state index is -0.670. The van der Waals surface area contributed by atoms with E-state index in [0.717, 1.165) is 31.6 Å². The maximum atomic E-state index is 9.76. The van der Waals surface area contributed by atoms with Gasteiger partial charge < -0.3 is 9.47 Å². The van der Waals surface area contributed by atoms with E-state index in [1.54, 1.807) is 0 Å². The Balaban J connectivity index is 2.02. The van der Waals surface area contributed by atoms with E-state index in [2.05, 4.69) is 18.3 Å². The van der Waals surface area contributed by atoms with Crippen LogP contribution < -0.4 is 5.32 Å². The third-order valence-corrected chi connectivity index (χ3v) is 3.85. The van der Waals surface area contributed by atoms with Gasteiger partial charge in [-0.05, 0) is 24.9 Å². The third kappa shape index (κ3) is 4.28. The summed E-state index contributed by atoms with van der Waals surface area (Å²) >= 11 is 0. The van der Waals surface area contributed by atoms with Gasteiger partial charge >= 0.3 is 0 Å². The molecule has 0 radical (unpaired) electrons. The van der Waals surface area contributed by atoms with Gasteiger partial charge in [0.2, 0.25) is 0 Å². The van der Waals surface area contributed by atoms with Crippen LogP contribution in [0, 0.1) is 11.3 Å². The summed E-state index contributed by atoms with van der Waals surface area (Å²) in [6.45, 7) is 4.93. The predicted molar refractivity (Wildman–Crippen MR) is 81.8 cm³/mol. The van der Waals surface area contributed by atoms with Crippen molar-refractivity contribution in [3.8, 4) is 6.07 Å². The van der Waals surface area contributed by atoms with Crippen LogP contribution in [0.2, 0.25) is 0 Å². The van der Waals surface area contributed by atoms with E-state index in [9.17, 15) is 5.26 Å². The zero-order valence-electron chi connectivity index (χ0n) is 12.7. The largest absolute Gasteiger partial charge is 0.379 e. The molecule has 0 aromatic heterocycles. The summed E-state index contributed by atoms with van der Waals surface area (Å²) in [5.74, 6) is 0. The van der Waals surface area contributed by atoms with Crippen molar-refractivity contribution in [3.05, 3.63) is 35.9 Å². The maximum Gasteiger partial charge on any atom is 0.134 e. The topological polar surface area (TPSA) is 54.3 Å². The van der Waals surface area contributed by atoms with Crippen molar-refractivity contribution in [2.45, 2.75) is 37.8 Å². The lowest BCUT2D eigenvalue weighted by Crippen LogP contribution is -2.42. The Bertz CT molecular complexity index is 452. The molecule has 0 saturated carbocycles. The van der Waals surface area contributed by atoms with Gasteiger partial charge in [-0.3, -0.25) is 5.32 Å². The zero-order valence-corrected chi connectivity index (χ0v) is 12.7. The molecule has 1 heterocycles. The Morgan fingerprint density at radius 2 is 2.24 bits per heavy atom. The van der Waals surface area contributed by atoms with E-state index < -0.39 is 5.54 Å². The lowest BCUT2D eigenvalue weighted by atomic mass is 9.88. The minimum absolute atomic E-state index is 0.184. The van der Waals surface area contributed by atoms with Crippen LogP contribution in [0.4, 0.5) is 0 Å². The maximum absolute atomic E-state index is 9.76. The Morgan fingerprint density at radius 1 is 1.43 bits per heavy atom. The zero-order chi connectivity index (χ0) is 15.0. The van der Waals surface area contributed by atoms with Crippen molar-refractivity contribution in [1.82, 2.24) is 5.32 Å². The van der Waals surface area contributed by atoms with Crippen LogP contribution in [-0.4, -0.2) is 32.5 Å². The number of ether oxygens (including phenoxy) is 2. The molecule has 4 nitrogen and oxygen atoms in total. The van der Waals surface area contributed by atoms with Crippen LogP contribution in [-0.2, 0) is 15.0 Å². The molecule has 0 bridgehead atoms. The molecular weight excluding hydrogens is 264 g/mol. The summed E-state index contributed by atoms with van der Waals surface area (Å²) in [4.78, 5) is 0. The van der Waals surface area contributed by atoms with Gasteiger partial charge in [0.1, 0.15) is 5.54 Å². The first-order valence-electron chi connectivity index (χ1n) is 7.72. The molecule has 1 fully saturated rings. The molecule has 2 rings (SSSR count). The van der Waals surface area contributed by atoms with Gasteiger partial charge in [0.25, 0.3) is 0 Å². The van der Waals surface area contributed by atoms with Gasteiger partial charge in [-0.15, -0.1) is 0 Å². The van der Waals surface area contributed by atoms with Crippen molar-refractivity contribution in [2.75, 3.05) is 26.4 Å². The van der Waals surface area contributed by atoms with Gasteiger partial charge in [0, 0.05) is 13.0 Å². The van der Waals surface area contributed by atoms with Gasteiger partial charge in [-0.25, -0.2) is 0 Å². The number of benzene rings is 1. The molecule has 4 heteroatoms. The van der Waals surface area contributed by atoms with E-state index in [0.29, 0.717) is 19.6 Å². The van der Waals surface area contributed by atoms with E-state index >= 15 is 0 Å². The van der Waals surface area contributed by atoms with Gasteiger partial charge in [-0.2, -0.15) is 5.26 Å².